The number of nitrogens with two attached hydrogens (primary N) is 1. The predicted octanol–water partition coefficient (Wildman–Crippen LogP) is 5.32. The summed E-state index contributed by atoms with van der Waals surface area (Å²) in [4.78, 5) is 21.7. The molecule has 0 aliphatic carbocycles. The van der Waals surface area contributed by atoms with Gasteiger partial charge in [0.25, 0.3) is 0 Å². The van der Waals surface area contributed by atoms with Crippen LogP contribution in [0.2, 0.25) is 5.02 Å². The van der Waals surface area contributed by atoms with Gasteiger partial charge in [0.1, 0.15) is 6.10 Å². The van der Waals surface area contributed by atoms with Gasteiger partial charge in [0, 0.05) is 56.6 Å². The number of benzene rings is 1. The number of aryl methyl sites for hydroxylation is 1. The molecular weight excluding hydrogens is 500 g/mol. The maximum atomic E-state index is 11.6. The molecule has 1 amide bonds. The van der Waals surface area contributed by atoms with Gasteiger partial charge in [-0.1, -0.05) is 50.7 Å². The van der Waals surface area contributed by atoms with Gasteiger partial charge in [0.2, 0.25) is 0 Å². The van der Waals surface area contributed by atoms with Gasteiger partial charge in [-0.3, -0.25) is 4.99 Å². The minimum atomic E-state index is -0.377. The van der Waals surface area contributed by atoms with Crippen LogP contribution < -0.4 is 11.1 Å². The molecule has 3 N–H and O–H groups in total. The average molecular weight is 541 g/mol. The number of amides is 1. The lowest BCUT2D eigenvalue weighted by atomic mass is 9.92. The van der Waals surface area contributed by atoms with Gasteiger partial charge in [-0.05, 0) is 48.3 Å². The number of carbonyl (C=O) groups is 1. The third-order valence-corrected chi connectivity index (χ3v) is 6.44. The van der Waals surface area contributed by atoms with E-state index in [2.05, 4.69) is 42.0 Å². The summed E-state index contributed by atoms with van der Waals surface area (Å²) in [6.07, 6.45) is 9.15. The lowest BCUT2D eigenvalue weighted by Crippen LogP contribution is -2.47. The van der Waals surface area contributed by atoms with Gasteiger partial charge >= 0.3 is 6.09 Å². The first-order valence-electron chi connectivity index (χ1n) is 12.9. The smallest absolute Gasteiger partial charge is 0.410 e. The topological polar surface area (TPSA) is 97.8 Å². The lowest BCUT2D eigenvalue weighted by Gasteiger charge is -2.27. The fourth-order valence-corrected chi connectivity index (χ4v) is 4.23. The summed E-state index contributed by atoms with van der Waals surface area (Å²) in [7, 11) is 1.90. The van der Waals surface area contributed by atoms with E-state index < -0.39 is 0 Å². The quantitative estimate of drug-likeness (QED) is 0.398. The zero-order chi connectivity index (χ0) is 28.1. The summed E-state index contributed by atoms with van der Waals surface area (Å²) in [5.41, 5.74) is 10.8. The molecule has 3 rings (SSSR count). The molecule has 8 nitrogen and oxygen atoms in total. The highest BCUT2D eigenvalue weighted by Crippen LogP contribution is 2.31. The molecule has 2 atom stereocenters. The summed E-state index contributed by atoms with van der Waals surface area (Å²) in [5.74, 6) is 0. The molecule has 0 saturated carbocycles. The third kappa shape index (κ3) is 9.28. The van der Waals surface area contributed by atoms with Gasteiger partial charge in [-0.25, -0.2) is 9.78 Å². The van der Waals surface area contributed by atoms with Crippen molar-refractivity contribution in [3.05, 3.63) is 84.6 Å². The van der Waals surface area contributed by atoms with Crippen LogP contribution in [-0.2, 0) is 18.2 Å². The highest BCUT2D eigenvalue weighted by molar-refractivity contribution is 6.30. The molecule has 1 fully saturated rings. The zero-order valence-corrected chi connectivity index (χ0v) is 23.6. The monoisotopic (exact) mass is 540 g/mol. The molecule has 2 unspecified atom stereocenters. The van der Waals surface area contributed by atoms with E-state index in [1.165, 1.54) is 6.20 Å². The molecular formula is C29H41ClN6O2. The molecule has 1 aromatic heterocycles. The summed E-state index contributed by atoms with van der Waals surface area (Å²) in [5, 5.41) is 3.83. The van der Waals surface area contributed by atoms with Gasteiger partial charge in [-0.15, -0.1) is 0 Å². The molecule has 1 aromatic carbocycles. The second kappa shape index (κ2) is 15.9. The number of allylic oxidation sites excluding steroid dienone is 1. The molecule has 1 aliphatic heterocycles. The van der Waals surface area contributed by atoms with Crippen LogP contribution in [0.5, 0.6) is 0 Å². The van der Waals surface area contributed by atoms with Gasteiger partial charge in [0.05, 0.1) is 24.3 Å². The van der Waals surface area contributed by atoms with Crippen molar-refractivity contribution in [2.24, 2.45) is 17.8 Å². The van der Waals surface area contributed by atoms with Crippen molar-refractivity contribution in [1.29, 1.82) is 0 Å². The molecule has 1 aliphatic rings. The van der Waals surface area contributed by atoms with Crippen molar-refractivity contribution in [1.82, 2.24) is 19.8 Å². The number of nitrogens with one attached hydrogen (secondary N) is 1. The van der Waals surface area contributed by atoms with E-state index in [9.17, 15) is 4.79 Å². The van der Waals surface area contributed by atoms with Crippen molar-refractivity contribution >= 4 is 29.0 Å². The molecule has 206 valence electrons. The van der Waals surface area contributed by atoms with E-state index in [0.717, 1.165) is 67.1 Å². The Morgan fingerprint density at radius 1 is 1.34 bits per heavy atom. The normalized spacial score (nSPS) is 15.1. The van der Waals surface area contributed by atoms with E-state index >= 15 is 0 Å². The highest BCUT2D eigenvalue weighted by atomic mass is 35.5. The first-order chi connectivity index (χ1) is 18.2. The number of rotatable bonds is 10. The maximum Gasteiger partial charge on any atom is 0.410 e. The van der Waals surface area contributed by atoms with Crippen LogP contribution in [0.3, 0.4) is 0 Å². The fraction of sp³-hybridized carbons (Fsp3) is 0.414. The second-order valence-corrected chi connectivity index (χ2v) is 9.57. The number of hydrogen-bond donors (Lipinski definition) is 2. The van der Waals surface area contributed by atoms with Crippen LogP contribution in [0.1, 0.15) is 49.6 Å². The van der Waals surface area contributed by atoms with E-state index in [-0.39, 0.29) is 18.2 Å². The van der Waals surface area contributed by atoms with Crippen LogP contribution >= 0.6 is 11.6 Å². The minimum absolute atomic E-state index is 0.0439. The molecule has 2 heterocycles. The van der Waals surface area contributed by atoms with Gasteiger partial charge in [0.15, 0.2) is 0 Å². The molecule has 2 aromatic rings. The number of aliphatic imine (C=N–C) groups is 1. The Hall–Kier alpha value is -3.20. The standard InChI is InChI=1S/C19H21ClN4.C10H20N2O2/c1-5-16(23-6-2)9-14-7-8-15(20)10-17(14)13(3)19(21)18-11-22-12-24(18)4;1-3-4-9(2)14-10(13)12-7-5-11-6-8-12/h5-8,10-12,19H,1-3,9,21H2,4H3;9,11H,3-8H2,1-2H3. The molecule has 0 radical (unpaired) electrons. The largest absolute Gasteiger partial charge is 0.446 e. The van der Waals surface area contributed by atoms with E-state index in [4.69, 9.17) is 22.1 Å². The Labute approximate surface area is 231 Å². The molecule has 38 heavy (non-hydrogen) atoms. The second-order valence-electron chi connectivity index (χ2n) is 9.14. The number of imidazole rings is 1. The Balaban J connectivity index is 0.000000308. The van der Waals surface area contributed by atoms with E-state index in [0.29, 0.717) is 11.4 Å². The van der Waals surface area contributed by atoms with E-state index in [1.807, 2.05) is 36.7 Å². The van der Waals surface area contributed by atoms with Crippen molar-refractivity contribution in [3.63, 3.8) is 0 Å². The fourth-order valence-electron chi connectivity index (χ4n) is 4.06. The average Bonchev–Trinajstić information content (AvgIpc) is 3.35. The Bertz CT molecular complexity index is 1120. The Morgan fingerprint density at radius 3 is 2.63 bits per heavy atom. The molecule has 9 heteroatoms. The van der Waals surface area contributed by atoms with Crippen molar-refractivity contribution in [2.45, 2.75) is 45.3 Å². The Morgan fingerprint density at radius 2 is 2.05 bits per heavy atom. The summed E-state index contributed by atoms with van der Waals surface area (Å²) in [6.45, 7) is 18.9. The Kier molecular flexibility index (Phi) is 13.0. The van der Waals surface area contributed by atoms with Crippen LogP contribution in [0.25, 0.3) is 5.57 Å². The van der Waals surface area contributed by atoms with Crippen LogP contribution in [0.4, 0.5) is 4.79 Å². The van der Waals surface area contributed by atoms with Crippen molar-refractivity contribution in [3.8, 4) is 0 Å². The summed E-state index contributed by atoms with van der Waals surface area (Å²) in [6, 6.07) is 5.31. The first-order valence-corrected chi connectivity index (χ1v) is 13.2. The number of nitrogens with zero attached hydrogens (tertiary/aromatic N) is 4. The van der Waals surface area contributed by atoms with Gasteiger partial charge in [-0.2, -0.15) is 0 Å². The molecule has 0 bridgehead atoms. The third-order valence-electron chi connectivity index (χ3n) is 6.20. The zero-order valence-electron chi connectivity index (χ0n) is 22.8. The number of aromatic nitrogens is 2. The first kappa shape index (κ1) is 31.0. The SMILES string of the molecule is C=CN=C(C=C)Cc1ccc(Cl)cc1C(=C)C(N)c1cncn1C.CCCC(C)OC(=O)N1CCNCC1. The number of halogens is 1. The van der Waals surface area contributed by atoms with Crippen LogP contribution in [0.15, 0.2) is 67.7 Å². The number of carbonyl (C=O) groups excluding carboxylic acids is 1. The lowest BCUT2D eigenvalue weighted by molar-refractivity contribution is 0.0630. The van der Waals surface area contributed by atoms with E-state index in [1.54, 1.807) is 23.5 Å². The minimum Gasteiger partial charge on any atom is -0.446 e. The predicted molar refractivity (Wildman–Crippen MR) is 157 cm³/mol. The van der Waals surface area contributed by atoms with Gasteiger partial charge < -0.3 is 25.3 Å². The molecule has 1 saturated heterocycles. The van der Waals surface area contributed by atoms with Crippen LogP contribution in [-0.4, -0.2) is 58.5 Å². The highest BCUT2D eigenvalue weighted by Gasteiger charge is 2.20. The van der Waals surface area contributed by atoms with Crippen LogP contribution in [0, 0.1) is 0 Å². The number of ether oxygens (including phenoxy) is 1. The number of hydrogen-bond acceptors (Lipinski definition) is 6. The summed E-state index contributed by atoms with van der Waals surface area (Å²) >= 11 is 6.19. The van der Waals surface area contributed by atoms with Crippen molar-refractivity contribution < 1.29 is 9.53 Å². The maximum absolute atomic E-state index is 11.6. The number of piperazine rings is 1. The summed E-state index contributed by atoms with van der Waals surface area (Å²) < 4.78 is 7.17. The van der Waals surface area contributed by atoms with Crippen molar-refractivity contribution in [2.75, 3.05) is 26.2 Å². The molecule has 0 spiro atoms.